The fraction of sp³-hybridized carbons (Fsp3) is 0.333. The van der Waals surface area contributed by atoms with E-state index >= 15 is 0 Å². The van der Waals surface area contributed by atoms with Gasteiger partial charge in [-0.05, 0) is 43.2 Å². The van der Waals surface area contributed by atoms with Crippen molar-refractivity contribution in [1.82, 2.24) is 9.88 Å². The Morgan fingerprint density at radius 2 is 1.87 bits per heavy atom. The molecule has 2 aromatic rings. The van der Waals surface area contributed by atoms with E-state index in [2.05, 4.69) is 41.9 Å². The van der Waals surface area contributed by atoms with Crippen LogP contribution in [0.2, 0.25) is 0 Å². The highest BCUT2D eigenvalue weighted by molar-refractivity contribution is 5.98. The fourth-order valence-electron chi connectivity index (χ4n) is 2.98. The van der Waals surface area contributed by atoms with Gasteiger partial charge in [0.15, 0.2) is 0 Å². The number of piperazine rings is 1. The van der Waals surface area contributed by atoms with Crippen LogP contribution in [0.3, 0.4) is 0 Å². The number of rotatable bonds is 2. The van der Waals surface area contributed by atoms with Gasteiger partial charge in [0, 0.05) is 38.1 Å². The number of benzene rings is 1. The predicted molar refractivity (Wildman–Crippen MR) is 92.7 cm³/mol. The van der Waals surface area contributed by atoms with Crippen molar-refractivity contribution in [2.75, 3.05) is 36.8 Å². The Hall–Kier alpha value is -2.56. The molecule has 120 valence electrons. The summed E-state index contributed by atoms with van der Waals surface area (Å²) in [4.78, 5) is 20.8. The molecule has 0 unspecified atom stereocenters. The molecule has 1 aliphatic rings. The number of anilines is 2. The number of hydrogen-bond acceptors (Lipinski definition) is 4. The summed E-state index contributed by atoms with van der Waals surface area (Å²) in [7, 11) is 0. The number of nitrogen functional groups attached to an aromatic ring is 1. The van der Waals surface area contributed by atoms with Gasteiger partial charge in [0.05, 0.1) is 5.56 Å². The molecule has 1 aromatic carbocycles. The Labute approximate surface area is 136 Å². The van der Waals surface area contributed by atoms with Gasteiger partial charge in [0.25, 0.3) is 5.91 Å². The van der Waals surface area contributed by atoms with Crippen LogP contribution in [0.15, 0.2) is 36.5 Å². The van der Waals surface area contributed by atoms with E-state index in [1.807, 2.05) is 4.90 Å². The third kappa shape index (κ3) is 3.13. The molecule has 5 nitrogen and oxygen atoms in total. The lowest BCUT2D eigenvalue weighted by Crippen LogP contribution is -2.49. The van der Waals surface area contributed by atoms with E-state index in [1.54, 1.807) is 18.3 Å². The number of nitrogens with zero attached hydrogens (tertiary/aromatic N) is 3. The van der Waals surface area contributed by atoms with Gasteiger partial charge in [-0.25, -0.2) is 4.98 Å². The number of aryl methyl sites for hydroxylation is 2. The van der Waals surface area contributed by atoms with Crippen molar-refractivity contribution in [3.05, 3.63) is 53.2 Å². The normalized spacial score (nSPS) is 14.9. The molecule has 0 saturated carbocycles. The van der Waals surface area contributed by atoms with Gasteiger partial charge in [0.2, 0.25) is 0 Å². The van der Waals surface area contributed by atoms with E-state index in [4.69, 9.17) is 5.73 Å². The average Bonchev–Trinajstić information content (AvgIpc) is 2.57. The first-order valence-corrected chi connectivity index (χ1v) is 7.88. The molecule has 0 bridgehead atoms. The molecule has 0 aliphatic carbocycles. The van der Waals surface area contributed by atoms with Gasteiger partial charge >= 0.3 is 0 Å². The molecule has 1 aromatic heterocycles. The summed E-state index contributed by atoms with van der Waals surface area (Å²) in [6.07, 6.45) is 1.60. The lowest BCUT2D eigenvalue weighted by Gasteiger charge is -2.37. The van der Waals surface area contributed by atoms with E-state index in [-0.39, 0.29) is 5.91 Å². The average molecular weight is 310 g/mol. The van der Waals surface area contributed by atoms with Gasteiger partial charge in [0.1, 0.15) is 5.82 Å². The van der Waals surface area contributed by atoms with Crippen LogP contribution in [0.1, 0.15) is 21.5 Å². The van der Waals surface area contributed by atoms with Crippen LogP contribution >= 0.6 is 0 Å². The third-order valence-corrected chi connectivity index (χ3v) is 4.34. The highest BCUT2D eigenvalue weighted by Gasteiger charge is 2.24. The fourth-order valence-corrected chi connectivity index (χ4v) is 2.98. The number of carbonyl (C=O) groups is 1. The zero-order chi connectivity index (χ0) is 16.4. The Balaban J connectivity index is 1.70. The standard InChI is InChI=1S/C18H22N4O/c1-13-5-6-14(2)16(12-13)21-8-10-22(11-9-21)18(23)15-4-3-7-20-17(15)19/h3-7,12H,8-11H2,1-2H3,(H2,19,20). The number of amides is 1. The van der Waals surface area contributed by atoms with Crippen LogP contribution in [0.4, 0.5) is 11.5 Å². The minimum atomic E-state index is -0.0313. The van der Waals surface area contributed by atoms with E-state index in [1.165, 1.54) is 16.8 Å². The number of pyridine rings is 1. The van der Waals surface area contributed by atoms with E-state index in [0.29, 0.717) is 24.5 Å². The highest BCUT2D eigenvalue weighted by Crippen LogP contribution is 2.23. The molecule has 0 atom stereocenters. The zero-order valence-electron chi connectivity index (χ0n) is 13.6. The molecule has 2 heterocycles. The van der Waals surface area contributed by atoms with Crippen LogP contribution in [0.5, 0.6) is 0 Å². The molecule has 0 radical (unpaired) electrons. The second kappa shape index (κ2) is 6.28. The molecular weight excluding hydrogens is 288 g/mol. The van der Waals surface area contributed by atoms with Crippen LogP contribution in [-0.2, 0) is 0 Å². The molecule has 1 aliphatic heterocycles. The van der Waals surface area contributed by atoms with Crippen molar-refractivity contribution in [2.45, 2.75) is 13.8 Å². The van der Waals surface area contributed by atoms with Crippen molar-refractivity contribution < 1.29 is 4.79 Å². The highest BCUT2D eigenvalue weighted by atomic mass is 16.2. The summed E-state index contributed by atoms with van der Waals surface area (Å²) in [5.41, 5.74) is 10.1. The maximum Gasteiger partial charge on any atom is 0.257 e. The molecule has 0 spiro atoms. The SMILES string of the molecule is Cc1ccc(C)c(N2CCN(C(=O)c3cccnc3N)CC2)c1. The summed E-state index contributed by atoms with van der Waals surface area (Å²) in [6, 6.07) is 9.98. The van der Waals surface area contributed by atoms with Crippen LogP contribution in [0.25, 0.3) is 0 Å². The first-order chi connectivity index (χ1) is 11.1. The maximum absolute atomic E-state index is 12.6. The lowest BCUT2D eigenvalue weighted by atomic mass is 10.1. The summed E-state index contributed by atoms with van der Waals surface area (Å²) in [5, 5.41) is 0. The summed E-state index contributed by atoms with van der Waals surface area (Å²) >= 11 is 0. The van der Waals surface area contributed by atoms with Gasteiger partial charge in [-0.1, -0.05) is 12.1 Å². The van der Waals surface area contributed by atoms with Gasteiger partial charge in [-0.15, -0.1) is 0 Å². The molecule has 3 rings (SSSR count). The largest absolute Gasteiger partial charge is 0.383 e. The molecule has 5 heteroatoms. The zero-order valence-corrected chi connectivity index (χ0v) is 13.6. The lowest BCUT2D eigenvalue weighted by molar-refractivity contribution is 0.0747. The summed E-state index contributed by atoms with van der Waals surface area (Å²) in [6.45, 7) is 7.28. The van der Waals surface area contributed by atoms with Crippen molar-refractivity contribution in [3.8, 4) is 0 Å². The topological polar surface area (TPSA) is 62.5 Å². The number of nitrogens with two attached hydrogens (primary N) is 1. The predicted octanol–water partition coefficient (Wildman–Crippen LogP) is 2.24. The Morgan fingerprint density at radius 1 is 1.13 bits per heavy atom. The minimum absolute atomic E-state index is 0.0313. The second-order valence-corrected chi connectivity index (χ2v) is 6.01. The van der Waals surface area contributed by atoms with Crippen LogP contribution in [-0.4, -0.2) is 42.0 Å². The summed E-state index contributed by atoms with van der Waals surface area (Å²) < 4.78 is 0. The van der Waals surface area contributed by atoms with E-state index in [0.717, 1.165) is 13.1 Å². The molecule has 23 heavy (non-hydrogen) atoms. The van der Waals surface area contributed by atoms with E-state index < -0.39 is 0 Å². The quantitative estimate of drug-likeness (QED) is 0.924. The Morgan fingerprint density at radius 3 is 2.57 bits per heavy atom. The Kier molecular flexibility index (Phi) is 4.19. The Bertz CT molecular complexity index is 721. The van der Waals surface area contributed by atoms with Crippen molar-refractivity contribution in [1.29, 1.82) is 0 Å². The third-order valence-electron chi connectivity index (χ3n) is 4.34. The van der Waals surface area contributed by atoms with Crippen LogP contribution in [0, 0.1) is 13.8 Å². The van der Waals surface area contributed by atoms with Crippen molar-refractivity contribution in [3.63, 3.8) is 0 Å². The minimum Gasteiger partial charge on any atom is -0.383 e. The molecule has 2 N–H and O–H groups in total. The van der Waals surface area contributed by atoms with Crippen molar-refractivity contribution in [2.24, 2.45) is 0 Å². The first-order valence-electron chi connectivity index (χ1n) is 7.88. The molecular formula is C18H22N4O. The van der Waals surface area contributed by atoms with Crippen molar-refractivity contribution >= 4 is 17.4 Å². The van der Waals surface area contributed by atoms with E-state index in [9.17, 15) is 4.79 Å². The molecule has 1 saturated heterocycles. The first kappa shape index (κ1) is 15.3. The summed E-state index contributed by atoms with van der Waals surface area (Å²) in [5.74, 6) is 0.269. The number of carbonyl (C=O) groups excluding carboxylic acids is 1. The number of hydrogen-bond donors (Lipinski definition) is 1. The van der Waals surface area contributed by atoms with Crippen LogP contribution < -0.4 is 10.6 Å². The maximum atomic E-state index is 12.6. The smallest absolute Gasteiger partial charge is 0.257 e. The number of aromatic nitrogens is 1. The van der Waals surface area contributed by atoms with Gasteiger partial charge in [-0.3, -0.25) is 4.79 Å². The monoisotopic (exact) mass is 310 g/mol. The molecule has 1 fully saturated rings. The second-order valence-electron chi connectivity index (χ2n) is 6.01. The molecule has 1 amide bonds. The van der Waals surface area contributed by atoms with Gasteiger partial charge < -0.3 is 15.5 Å². The van der Waals surface area contributed by atoms with Gasteiger partial charge in [-0.2, -0.15) is 0 Å².